The van der Waals surface area contributed by atoms with Crippen LogP contribution in [0.5, 0.6) is 0 Å². The summed E-state index contributed by atoms with van der Waals surface area (Å²) in [7, 11) is 4.53. The highest BCUT2D eigenvalue weighted by atomic mass is 35.5. The van der Waals surface area contributed by atoms with E-state index in [-0.39, 0.29) is 5.34 Å². The summed E-state index contributed by atoms with van der Waals surface area (Å²) in [5.41, 5.74) is 0. The molecule has 64 valence electrons. The predicted octanol–water partition coefficient (Wildman–Crippen LogP) is 1.63. The molecule has 0 aromatic heterocycles. The number of hydrogen-bond donors (Lipinski definition) is 0. The van der Waals surface area contributed by atoms with Gasteiger partial charge in [0.1, 0.15) is 0 Å². The lowest BCUT2D eigenvalue weighted by Crippen LogP contribution is -2.14. The Morgan fingerprint density at radius 2 is 1.20 bits per heavy atom. The molecule has 0 aliphatic rings. The lowest BCUT2D eigenvalue weighted by molar-refractivity contribution is -0.252. The van der Waals surface area contributed by atoms with Crippen molar-refractivity contribution in [2.45, 2.75) is 6.48 Å². The van der Waals surface area contributed by atoms with E-state index in [9.17, 15) is 0 Å². The molecule has 0 aromatic rings. The van der Waals surface area contributed by atoms with Gasteiger partial charge in [0, 0.05) is 21.3 Å². The van der Waals surface area contributed by atoms with Crippen molar-refractivity contribution in [1.29, 1.82) is 0 Å². The summed E-state index contributed by atoms with van der Waals surface area (Å²) in [5, 5.41) is 0.194. The van der Waals surface area contributed by atoms with Gasteiger partial charge in [0.2, 0.25) is 0 Å². The minimum absolute atomic E-state index is 0.194. The van der Waals surface area contributed by atoms with Gasteiger partial charge in [-0.25, -0.2) is 0 Å². The molecular formula is C5H12Cl2O3. The molecule has 0 aliphatic heterocycles. The van der Waals surface area contributed by atoms with Crippen LogP contribution in [-0.2, 0) is 14.2 Å². The van der Waals surface area contributed by atoms with E-state index in [4.69, 9.17) is 23.2 Å². The Kier molecular flexibility index (Phi) is 15.9. The summed E-state index contributed by atoms with van der Waals surface area (Å²) in [6.45, 7) is -0.514. The topological polar surface area (TPSA) is 27.7 Å². The normalized spacial score (nSPS) is 9.00. The third-order valence-corrected chi connectivity index (χ3v) is 0.577. The summed E-state index contributed by atoms with van der Waals surface area (Å²) >= 11 is 9.53. The van der Waals surface area contributed by atoms with Crippen LogP contribution in [0, 0.1) is 0 Å². The molecule has 0 atom stereocenters. The van der Waals surface area contributed by atoms with Gasteiger partial charge >= 0.3 is 0 Å². The van der Waals surface area contributed by atoms with Crippen LogP contribution in [0.1, 0.15) is 0 Å². The second-order valence-electron chi connectivity index (χ2n) is 1.10. The maximum atomic E-state index is 4.76. The van der Waals surface area contributed by atoms with Crippen LogP contribution in [0.2, 0.25) is 0 Å². The van der Waals surface area contributed by atoms with Gasteiger partial charge in [-0.3, -0.25) is 0 Å². The van der Waals surface area contributed by atoms with Gasteiger partial charge < -0.3 is 14.2 Å². The summed E-state index contributed by atoms with van der Waals surface area (Å²) in [4.78, 5) is 0. The minimum Gasteiger partial charge on any atom is -0.333 e. The molecule has 10 heavy (non-hydrogen) atoms. The Bertz CT molecular complexity index is 44.6. The van der Waals surface area contributed by atoms with Crippen molar-refractivity contribution in [1.82, 2.24) is 0 Å². The molecule has 0 aromatic carbocycles. The largest absolute Gasteiger partial charge is 0.333 e. The third kappa shape index (κ3) is 11.3. The number of hydrogen-bond acceptors (Lipinski definition) is 3. The fraction of sp³-hybridized carbons (Fsp3) is 1.00. The first-order chi connectivity index (χ1) is 4.76. The van der Waals surface area contributed by atoms with Gasteiger partial charge in [0.05, 0.1) is 5.34 Å². The highest BCUT2D eigenvalue weighted by Gasteiger charge is 1.96. The van der Waals surface area contributed by atoms with Crippen LogP contribution >= 0.6 is 23.2 Å². The fourth-order valence-electron chi connectivity index (χ4n) is 0.289. The number of ether oxygens (including phenoxy) is 3. The SMILES string of the molecule is COC(OC)OC.ClCCl. The first-order valence-electron chi connectivity index (χ1n) is 2.47. The van der Waals surface area contributed by atoms with Crippen molar-refractivity contribution < 1.29 is 14.2 Å². The van der Waals surface area contributed by atoms with Crippen molar-refractivity contribution in [3.05, 3.63) is 0 Å². The first kappa shape index (κ1) is 13.1. The standard InChI is InChI=1S/C4H10O3.CH2Cl2/c1-5-4(6-2)7-3;2-1-3/h4H,1-3H3;1H2. The Morgan fingerprint density at radius 1 is 1.00 bits per heavy atom. The lowest BCUT2D eigenvalue weighted by atomic mass is 11.2. The predicted molar refractivity (Wildman–Crippen MR) is 41.4 cm³/mol. The van der Waals surface area contributed by atoms with Gasteiger partial charge in [-0.2, -0.15) is 0 Å². The number of methoxy groups -OCH3 is 3. The van der Waals surface area contributed by atoms with Gasteiger partial charge in [-0.15, -0.1) is 23.2 Å². The zero-order chi connectivity index (χ0) is 8.41. The van der Waals surface area contributed by atoms with E-state index in [0.717, 1.165) is 0 Å². The molecule has 3 nitrogen and oxygen atoms in total. The lowest BCUT2D eigenvalue weighted by Gasteiger charge is -2.08. The van der Waals surface area contributed by atoms with Crippen molar-refractivity contribution in [3.63, 3.8) is 0 Å². The Hall–Kier alpha value is 0.460. The molecule has 0 amide bonds. The summed E-state index contributed by atoms with van der Waals surface area (Å²) in [6.07, 6.45) is 0. The zero-order valence-electron chi connectivity index (χ0n) is 6.27. The van der Waals surface area contributed by atoms with Crippen LogP contribution in [-0.4, -0.2) is 33.1 Å². The Balaban J connectivity index is 0. The Labute approximate surface area is 71.2 Å². The van der Waals surface area contributed by atoms with E-state index < -0.39 is 6.48 Å². The van der Waals surface area contributed by atoms with Crippen molar-refractivity contribution >= 4 is 23.2 Å². The molecule has 0 spiro atoms. The molecule has 0 fully saturated rings. The number of alkyl halides is 2. The molecule has 0 saturated heterocycles. The van der Waals surface area contributed by atoms with Crippen LogP contribution in [0.4, 0.5) is 0 Å². The molecular weight excluding hydrogens is 179 g/mol. The van der Waals surface area contributed by atoms with E-state index >= 15 is 0 Å². The van der Waals surface area contributed by atoms with Crippen LogP contribution in [0.25, 0.3) is 0 Å². The van der Waals surface area contributed by atoms with E-state index in [1.807, 2.05) is 0 Å². The van der Waals surface area contributed by atoms with Crippen LogP contribution < -0.4 is 0 Å². The fourth-order valence-corrected chi connectivity index (χ4v) is 0.289. The number of rotatable bonds is 3. The maximum absolute atomic E-state index is 4.76. The molecule has 5 heteroatoms. The van der Waals surface area contributed by atoms with Crippen molar-refractivity contribution in [3.8, 4) is 0 Å². The van der Waals surface area contributed by atoms with Crippen molar-refractivity contribution in [2.24, 2.45) is 0 Å². The molecule has 0 heterocycles. The molecule has 0 bridgehead atoms. The van der Waals surface area contributed by atoms with E-state index in [1.165, 1.54) is 21.3 Å². The highest BCUT2D eigenvalue weighted by Crippen LogP contribution is 1.87. The molecule has 0 saturated carbocycles. The first-order valence-corrected chi connectivity index (χ1v) is 3.54. The minimum atomic E-state index is -0.514. The Morgan fingerprint density at radius 3 is 1.20 bits per heavy atom. The van der Waals surface area contributed by atoms with Gasteiger partial charge in [0.25, 0.3) is 6.48 Å². The molecule has 0 rings (SSSR count). The average molecular weight is 191 g/mol. The van der Waals surface area contributed by atoms with E-state index in [2.05, 4.69) is 14.2 Å². The van der Waals surface area contributed by atoms with Gasteiger partial charge in [-0.1, -0.05) is 0 Å². The van der Waals surface area contributed by atoms with Gasteiger partial charge in [-0.05, 0) is 0 Å². The molecule has 0 radical (unpaired) electrons. The summed E-state index contributed by atoms with van der Waals surface area (Å²) in [6, 6.07) is 0. The second-order valence-corrected chi connectivity index (χ2v) is 1.90. The van der Waals surface area contributed by atoms with E-state index in [0.29, 0.717) is 0 Å². The van der Waals surface area contributed by atoms with Crippen LogP contribution in [0.15, 0.2) is 0 Å². The molecule has 0 unspecified atom stereocenters. The highest BCUT2D eigenvalue weighted by molar-refractivity contribution is 6.40. The third-order valence-electron chi connectivity index (χ3n) is 0.577. The summed E-state index contributed by atoms with van der Waals surface area (Å²) in [5.74, 6) is 0. The van der Waals surface area contributed by atoms with Crippen molar-refractivity contribution in [2.75, 3.05) is 26.7 Å². The quantitative estimate of drug-likeness (QED) is 0.501. The van der Waals surface area contributed by atoms with Gasteiger partial charge in [0.15, 0.2) is 0 Å². The molecule has 0 N–H and O–H groups in total. The zero-order valence-corrected chi connectivity index (χ0v) is 7.78. The average Bonchev–Trinajstić information content (AvgIpc) is 1.93. The monoisotopic (exact) mass is 190 g/mol. The second kappa shape index (κ2) is 12.2. The van der Waals surface area contributed by atoms with Crippen LogP contribution in [0.3, 0.4) is 0 Å². The summed E-state index contributed by atoms with van der Waals surface area (Å²) < 4.78 is 13.8. The smallest absolute Gasteiger partial charge is 0.270 e. The molecule has 0 aliphatic carbocycles. The van der Waals surface area contributed by atoms with E-state index in [1.54, 1.807) is 0 Å². The number of halogens is 2. The maximum Gasteiger partial charge on any atom is 0.270 e.